The summed E-state index contributed by atoms with van der Waals surface area (Å²) < 4.78 is 0. The molecule has 1 atom stereocenters. The highest BCUT2D eigenvalue weighted by Crippen LogP contribution is 2.41. The predicted octanol–water partition coefficient (Wildman–Crippen LogP) is 3.07. The minimum atomic E-state index is -0.280. The Kier molecular flexibility index (Phi) is 3.33. The molecule has 2 fully saturated rings. The number of carbonyl (C=O) groups excluding carboxylic acids is 1. The van der Waals surface area contributed by atoms with Crippen molar-refractivity contribution in [3.05, 3.63) is 34.9 Å². The molecule has 1 amide bonds. The van der Waals surface area contributed by atoms with Crippen LogP contribution in [0, 0.1) is 13.8 Å². The van der Waals surface area contributed by atoms with Gasteiger partial charge in [-0.05, 0) is 44.7 Å². The Balaban J connectivity index is 1.98. The number of amides is 1. The lowest BCUT2D eigenvalue weighted by Gasteiger charge is -2.24. The zero-order chi connectivity index (χ0) is 14.3. The van der Waals surface area contributed by atoms with Crippen LogP contribution in [0.1, 0.15) is 55.5 Å². The summed E-state index contributed by atoms with van der Waals surface area (Å²) in [6.45, 7) is 7.09. The molecule has 0 aromatic heterocycles. The lowest BCUT2D eigenvalue weighted by atomic mass is 9.98. The van der Waals surface area contributed by atoms with E-state index in [1.54, 1.807) is 0 Å². The second-order valence-corrected chi connectivity index (χ2v) is 6.29. The number of benzene rings is 1. The van der Waals surface area contributed by atoms with Crippen LogP contribution in [-0.4, -0.2) is 22.9 Å². The quantitative estimate of drug-likeness (QED) is 0.897. The van der Waals surface area contributed by atoms with E-state index in [4.69, 9.17) is 0 Å². The van der Waals surface area contributed by atoms with Crippen molar-refractivity contribution in [3.63, 3.8) is 0 Å². The maximum atomic E-state index is 12.8. The summed E-state index contributed by atoms with van der Waals surface area (Å²) in [7, 11) is 0. The SMILES string of the molecule is CCN1C(=O)C2(CCCC2)NC1c1ccc(C)cc1C. The van der Waals surface area contributed by atoms with Crippen LogP contribution in [0.5, 0.6) is 0 Å². The van der Waals surface area contributed by atoms with Crippen LogP contribution in [0.3, 0.4) is 0 Å². The summed E-state index contributed by atoms with van der Waals surface area (Å²) in [5.41, 5.74) is 3.51. The van der Waals surface area contributed by atoms with Gasteiger partial charge >= 0.3 is 0 Å². The van der Waals surface area contributed by atoms with E-state index in [2.05, 4.69) is 44.3 Å². The van der Waals surface area contributed by atoms with Crippen molar-refractivity contribution in [2.75, 3.05) is 6.54 Å². The summed E-state index contributed by atoms with van der Waals surface area (Å²) >= 11 is 0. The molecule has 0 bridgehead atoms. The first-order valence-electron chi connectivity index (χ1n) is 7.73. The van der Waals surface area contributed by atoms with Gasteiger partial charge in [0.15, 0.2) is 0 Å². The van der Waals surface area contributed by atoms with E-state index in [1.807, 2.05) is 4.90 Å². The third kappa shape index (κ3) is 1.96. The van der Waals surface area contributed by atoms with Gasteiger partial charge in [0.25, 0.3) is 0 Å². The highest BCUT2D eigenvalue weighted by Gasteiger charge is 2.52. The van der Waals surface area contributed by atoms with Gasteiger partial charge in [0.05, 0.1) is 5.54 Å². The lowest BCUT2D eigenvalue weighted by Crippen LogP contribution is -2.44. The first-order chi connectivity index (χ1) is 9.57. The molecule has 1 spiro atoms. The van der Waals surface area contributed by atoms with E-state index in [0.29, 0.717) is 5.91 Å². The second-order valence-electron chi connectivity index (χ2n) is 6.29. The molecule has 1 aromatic carbocycles. The molecule has 0 radical (unpaired) electrons. The molecule has 1 aliphatic carbocycles. The zero-order valence-corrected chi connectivity index (χ0v) is 12.7. The fraction of sp³-hybridized carbons (Fsp3) is 0.588. The Morgan fingerprint density at radius 1 is 1.30 bits per heavy atom. The topological polar surface area (TPSA) is 32.3 Å². The molecular formula is C17H24N2O. The van der Waals surface area contributed by atoms with Gasteiger partial charge in [-0.1, -0.05) is 36.6 Å². The molecule has 3 rings (SSSR count). The maximum Gasteiger partial charge on any atom is 0.244 e. The fourth-order valence-corrected chi connectivity index (χ4v) is 3.83. The lowest BCUT2D eigenvalue weighted by molar-refractivity contribution is -0.133. The van der Waals surface area contributed by atoms with Crippen LogP contribution in [0.2, 0.25) is 0 Å². The van der Waals surface area contributed by atoms with Gasteiger partial charge in [-0.15, -0.1) is 0 Å². The highest BCUT2D eigenvalue weighted by atomic mass is 16.2. The molecular weight excluding hydrogens is 248 g/mol. The molecule has 1 saturated carbocycles. The van der Waals surface area contributed by atoms with E-state index in [9.17, 15) is 4.79 Å². The molecule has 2 aliphatic rings. The van der Waals surface area contributed by atoms with Gasteiger partial charge in [0.2, 0.25) is 5.91 Å². The number of rotatable bonds is 2. The number of aryl methyl sites for hydroxylation is 2. The highest BCUT2D eigenvalue weighted by molar-refractivity contribution is 5.89. The summed E-state index contributed by atoms with van der Waals surface area (Å²) in [6.07, 6.45) is 4.35. The molecule has 108 valence electrons. The Bertz CT molecular complexity index is 532. The van der Waals surface area contributed by atoms with Gasteiger partial charge < -0.3 is 4.90 Å². The van der Waals surface area contributed by atoms with Crippen molar-refractivity contribution in [2.45, 2.75) is 58.2 Å². The molecule has 1 N–H and O–H groups in total. The van der Waals surface area contributed by atoms with Crippen LogP contribution in [0.15, 0.2) is 18.2 Å². The van der Waals surface area contributed by atoms with Crippen LogP contribution in [-0.2, 0) is 4.79 Å². The molecule has 1 heterocycles. The largest absolute Gasteiger partial charge is 0.322 e. The Morgan fingerprint density at radius 3 is 2.60 bits per heavy atom. The third-order valence-electron chi connectivity index (χ3n) is 4.91. The van der Waals surface area contributed by atoms with E-state index in [1.165, 1.54) is 16.7 Å². The van der Waals surface area contributed by atoms with E-state index >= 15 is 0 Å². The van der Waals surface area contributed by atoms with Crippen molar-refractivity contribution in [1.82, 2.24) is 10.2 Å². The van der Waals surface area contributed by atoms with Gasteiger partial charge in [-0.25, -0.2) is 0 Å². The zero-order valence-electron chi connectivity index (χ0n) is 12.7. The molecule has 20 heavy (non-hydrogen) atoms. The van der Waals surface area contributed by atoms with Crippen molar-refractivity contribution in [3.8, 4) is 0 Å². The molecule has 3 heteroatoms. The number of hydrogen-bond donors (Lipinski definition) is 1. The average molecular weight is 272 g/mol. The summed E-state index contributed by atoms with van der Waals surface area (Å²) in [6, 6.07) is 6.52. The van der Waals surface area contributed by atoms with E-state index in [-0.39, 0.29) is 11.7 Å². The predicted molar refractivity (Wildman–Crippen MR) is 80.4 cm³/mol. The van der Waals surface area contributed by atoms with Crippen LogP contribution in [0.4, 0.5) is 0 Å². The standard InChI is InChI=1S/C17H24N2O/c1-4-19-15(14-8-7-12(2)11-13(14)3)18-17(16(19)20)9-5-6-10-17/h7-8,11,15,18H,4-6,9-10H2,1-3H3. The normalized spacial score (nSPS) is 24.9. The summed E-state index contributed by atoms with van der Waals surface area (Å²) in [4.78, 5) is 14.8. The number of hydrogen-bond acceptors (Lipinski definition) is 2. The number of carbonyl (C=O) groups is 1. The molecule has 3 nitrogen and oxygen atoms in total. The minimum absolute atomic E-state index is 0.0474. The monoisotopic (exact) mass is 272 g/mol. The van der Waals surface area contributed by atoms with E-state index in [0.717, 1.165) is 32.2 Å². The second kappa shape index (κ2) is 4.88. The number of nitrogens with one attached hydrogen (secondary N) is 1. The third-order valence-corrected chi connectivity index (χ3v) is 4.91. The molecule has 1 aromatic rings. The number of likely N-dealkylation sites (N-methyl/N-ethyl adjacent to an activating group) is 1. The number of nitrogens with zero attached hydrogens (tertiary/aromatic N) is 1. The van der Waals surface area contributed by atoms with Gasteiger partial charge in [0.1, 0.15) is 6.17 Å². The van der Waals surface area contributed by atoms with Gasteiger partial charge in [-0.2, -0.15) is 0 Å². The van der Waals surface area contributed by atoms with Crippen molar-refractivity contribution < 1.29 is 4.79 Å². The average Bonchev–Trinajstić information content (AvgIpc) is 2.98. The molecule has 1 saturated heterocycles. The Hall–Kier alpha value is -1.35. The van der Waals surface area contributed by atoms with Crippen molar-refractivity contribution >= 4 is 5.91 Å². The van der Waals surface area contributed by atoms with Crippen molar-refractivity contribution in [1.29, 1.82) is 0 Å². The fourth-order valence-electron chi connectivity index (χ4n) is 3.83. The molecule has 1 aliphatic heterocycles. The first-order valence-corrected chi connectivity index (χ1v) is 7.73. The minimum Gasteiger partial charge on any atom is -0.322 e. The van der Waals surface area contributed by atoms with E-state index < -0.39 is 0 Å². The first kappa shape index (κ1) is 13.6. The maximum absolute atomic E-state index is 12.8. The van der Waals surface area contributed by atoms with Crippen LogP contribution < -0.4 is 5.32 Å². The van der Waals surface area contributed by atoms with Gasteiger partial charge in [-0.3, -0.25) is 10.1 Å². The molecule has 1 unspecified atom stereocenters. The van der Waals surface area contributed by atoms with Crippen LogP contribution >= 0.6 is 0 Å². The Morgan fingerprint density at radius 2 is 2.00 bits per heavy atom. The summed E-state index contributed by atoms with van der Waals surface area (Å²) in [5.74, 6) is 0.308. The van der Waals surface area contributed by atoms with Crippen LogP contribution in [0.25, 0.3) is 0 Å². The smallest absolute Gasteiger partial charge is 0.244 e. The Labute approximate surface area is 121 Å². The summed E-state index contributed by atoms with van der Waals surface area (Å²) in [5, 5.41) is 3.67. The van der Waals surface area contributed by atoms with Gasteiger partial charge in [0, 0.05) is 6.54 Å². The van der Waals surface area contributed by atoms with Crippen molar-refractivity contribution in [2.24, 2.45) is 0 Å².